The number of halogens is 1. The van der Waals surface area contributed by atoms with Crippen LogP contribution in [0.5, 0.6) is 0 Å². The molecule has 3 rings (SSSR count). The molecule has 0 saturated carbocycles. The molecule has 0 atom stereocenters. The minimum Gasteiger partial charge on any atom is -0.288 e. The molecule has 0 saturated heterocycles. The molecule has 0 spiro atoms. The topological polar surface area (TPSA) is 34.9 Å². The number of carbonyl (C=O) groups is 1. The molecule has 0 aliphatic rings. The van der Waals surface area contributed by atoms with Crippen LogP contribution in [0.3, 0.4) is 0 Å². The molecule has 3 aromatic rings. The normalized spacial score (nSPS) is 10.9. The summed E-state index contributed by atoms with van der Waals surface area (Å²) in [5, 5.41) is 6.31. The second kappa shape index (κ2) is 5.21. The largest absolute Gasteiger partial charge is 0.288 e. The number of ketones is 1. The van der Waals surface area contributed by atoms with Gasteiger partial charge in [0.15, 0.2) is 5.78 Å². The van der Waals surface area contributed by atoms with Gasteiger partial charge in [0, 0.05) is 22.8 Å². The lowest BCUT2D eigenvalue weighted by Crippen LogP contribution is -2.00. The van der Waals surface area contributed by atoms with E-state index >= 15 is 0 Å². The third-order valence-electron chi connectivity index (χ3n) is 3.28. The van der Waals surface area contributed by atoms with E-state index in [0.29, 0.717) is 11.1 Å². The molecule has 100 valence electrons. The van der Waals surface area contributed by atoms with Crippen molar-refractivity contribution in [1.82, 2.24) is 9.78 Å². The summed E-state index contributed by atoms with van der Waals surface area (Å²) in [7, 11) is 0. The molecule has 4 heteroatoms. The Morgan fingerprint density at radius 1 is 1.15 bits per heavy atom. The second-order valence-corrected chi connectivity index (χ2v) is 5.54. The van der Waals surface area contributed by atoms with E-state index in [1.165, 1.54) is 0 Å². The maximum absolute atomic E-state index is 12.4. The van der Waals surface area contributed by atoms with Gasteiger partial charge < -0.3 is 0 Å². The molecule has 20 heavy (non-hydrogen) atoms. The summed E-state index contributed by atoms with van der Waals surface area (Å²) in [6, 6.07) is 11.8. The van der Waals surface area contributed by atoms with Crippen LogP contribution in [0.4, 0.5) is 0 Å². The minimum atomic E-state index is 0.00881. The van der Waals surface area contributed by atoms with Gasteiger partial charge in [-0.3, -0.25) is 9.48 Å². The first kappa shape index (κ1) is 13.1. The van der Waals surface area contributed by atoms with E-state index in [2.05, 4.69) is 21.0 Å². The Bertz CT molecular complexity index is 792. The lowest BCUT2D eigenvalue weighted by molar-refractivity contribution is 0.103. The summed E-state index contributed by atoms with van der Waals surface area (Å²) in [5.41, 5.74) is 1.32. The number of aryl methyl sites for hydroxylation is 1. The molecule has 0 unspecified atom stereocenters. The SMILES string of the molecule is CCn1cc(C(=O)c2ccc3cc(Br)ccc3c2)cn1. The van der Waals surface area contributed by atoms with E-state index in [9.17, 15) is 4.79 Å². The number of carbonyl (C=O) groups excluding carboxylic acids is 1. The summed E-state index contributed by atoms with van der Waals surface area (Å²) >= 11 is 3.45. The highest BCUT2D eigenvalue weighted by Gasteiger charge is 2.11. The van der Waals surface area contributed by atoms with Crippen molar-refractivity contribution in [2.75, 3.05) is 0 Å². The molecular weight excluding hydrogens is 316 g/mol. The molecule has 0 aliphatic heterocycles. The summed E-state index contributed by atoms with van der Waals surface area (Å²) in [4.78, 5) is 12.4. The van der Waals surface area contributed by atoms with E-state index in [0.717, 1.165) is 21.8 Å². The Hall–Kier alpha value is -1.94. The monoisotopic (exact) mass is 328 g/mol. The van der Waals surface area contributed by atoms with Crippen LogP contribution >= 0.6 is 15.9 Å². The first-order chi connectivity index (χ1) is 9.67. The maximum atomic E-state index is 12.4. The van der Waals surface area contributed by atoms with Crippen molar-refractivity contribution in [1.29, 1.82) is 0 Å². The number of benzene rings is 2. The predicted octanol–water partition coefficient (Wildman–Crippen LogP) is 4.05. The number of aromatic nitrogens is 2. The highest BCUT2D eigenvalue weighted by atomic mass is 79.9. The van der Waals surface area contributed by atoms with E-state index in [4.69, 9.17) is 0 Å². The quantitative estimate of drug-likeness (QED) is 0.680. The van der Waals surface area contributed by atoms with Crippen LogP contribution in [-0.2, 0) is 6.54 Å². The van der Waals surface area contributed by atoms with Gasteiger partial charge in [0.25, 0.3) is 0 Å². The van der Waals surface area contributed by atoms with Crippen LogP contribution in [0.15, 0.2) is 53.3 Å². The second-order valence-electron chi connectivity index (χ2n) is 4.62. The molecule has 0 bridgehead atoms. The Kier molecular flexibility index (Phi) is 3.40. The molecule has 1 heterocycles. The molecular formula is C16H13BrN2O. The zero-order valence-electron chi connectivity index (χ0n) is 11.0. The van der Waals surface area contributed by atoms with Crippen LogP contribution < -0.4 is 0 Å². The summed E-state index contributed by atoms with van der Waals surface area (Å²) < 4.78 is 2.79. The third-order valence-corrected chi connectivity index (χ3v) is 3.78. The van der Waals surface area contributed by atoms with Crippen LogP contribution in [0.25, 0.3) is 10.8 Å². The van der Waals surface area contributed by atoms with Gasteiger partial charge >= 0.3 is 0 Å². The van der Waals surface area contributed by atoms with Gasteiger partial charge in [0.05, 0.1) is 11.8 Å². The Morgan fingerprint density at radius 2 is 1.90 bits per heavy atom. The standard InChI is InChI=1S/C16H13BrN2O/c1-2-19-10-14(9-18-19)16(20)13-4-3-12-8-15(17)6-5-11(12)7-13/h3-10H,2H2,1H3. The molecule has 3 nitrogen and oxygen atoms in total. The molecule has 2 aromatic carbocycles. The van der Waals surface area contributed by atoms with Gasteiger partial charge in [-0.1, -0.05) is 34.1 Å². The van der Waals surface area contributed by atoms with Crippen molar-refractivity contribution in [2.45, 2.75) is 13.5 Å². The third kappa shape index (κ3) is 2.39. The van der Waals surface area contributed by atoms with Gasteiger partial charge in [0.2, 0.25) is 0 Å². The van der Waals surface area contributed by atoms with Crippen molar-refractivity contribution in [2.24, 2.45) is 0 Å². The van der Waals surface area contributed by atoms with Crippen LogP contribution in [-0.4, -0.2) is 15.6 Å². The highest BCUT2D eigenvalue weighted by molar-refractivity contribution is 9.10. The summed E-state index contributed by atoms with van der Waals surface area (Å²) in [6.45, 7) is 2.76. The van der Waals surface area contributed by atoms with Gasteiger partial charge in [0.1, 0.15) is 0 Å². The zero-order valence-corrected chi connectivity index (χ0v) is 12.6. The van der Waals surface area contributed by atoms with E-state index in [1.54, 1.807) is 17.1 Å². The maximum Gasteiger partial charge on any atom is 0.196 e. The Morgan fingerprint density at radius 3 is 2.65 bits per heavy atom. The van der Waals surface area contributed by atoms with E-state index < -0.39 is 0 Å². The molecule has 0 amide bonds. The molecule has 0 aliphatic carbocycles. The smallest absolute Gasteiger partial charge is 0.196 e. The Labute approximate surface area is 125 Å². The summed E-state index contributed by atoms with van der Waals surface area (Å²) in [5.74, 6) is 0.00881. The molecule has 0 N–H and O–H groups in total. The molecule has 0 fully saturated rings. The number of nitrogens with zero attached hydrogens (tertiary/aromatic N) is 2. The minimum absolute atomic E-state index is 0.00881. The van der Waals surface area contributed by atoms with Crippen molar-refractivity contribution < 1.29 is 4.79 Å². The zero-order chi connectivity index (χ0) is 14.1. The number of hydrogen-bond acceptors (Lipinski definition) is 2. The fourth-order valence-corrected chi connectivity index (χ4v) is 2.56. The Balaban J connectivity index is 2.01. The fraction of sp³-hybridized carbons (Fsp3) is 0.125. The first-order valence-corrected chi connectivity index (χ1v) is 7.23. The van der Waals surface area contributed by atoms with E-state index in [1.807, 2.05) is 43.3 Å². The average molecular weight is 329 g/mol. The van der Waals surface area contributed by atoms with Gasteiger partial charge in [-0.2, -0.15) is 5.10 Å². The van der Waals surface area contributed by atoms with Crippen molar-refractivity contribution in [3.05, 3.63) is 64.4 Å². The van der Waals surface area contributed by atoms with Gasteiger partial charge in [-0.15, -0.1) is 0 Å². The first-order valence-electron chi connectivity index (χ1n) is 6.44. The average Bonchev–Trinajstić information content (AvgIpc) is 2.95. The number of fused-ring (bicyclic) bond motifs is 1. The lowest BCUT2D eigenvalue weighted by atomic mass is 10.0. The van der Waals surface area contributed by atoms with Crippen LogP contribution in [0.2, 0.25) is 0 Å². The molecule has 0 radical (unpaired) electrons. The molecule has 1 aromatic heterocycles. The van der Waals surface area contributed by atoms with Gasteiger partial charge in [-0.25, -0.2) is 0 Å². The van der Waals surface area contributed by atoms with E-state index in [-0.39, 0.29) is 5.78 Å². The fourth-order valence-electron chi connectivity index (χ4n) is 2.18. The predicted molar refractivity (Wildman–Crippen MR) is 83.0 cm³/mol. The van der Waals surface area contributed by atoms with Crippen LogP contribution in [0.1, 0.15) is 22.8 Å². The van der Waals surface area contributed by atoms with Crippen molar-refractivity contribution in [3.63, 3.8) is 0 Å². The summed E-state index contributed by atoms with van der Waals surface area (Å²) in [6.07, 6.45) is 3.41. The lowest BCUT2D eigenvalue weighted by Gasteiger charge is -2.02. The van der Waals surface area contributed by atoms with Crippen molar-refractivity contribution >= 4 is 32.5 Å². The number of hydrogen-bond donors (Lipinski definition) is 0. The number of rotatable bonds is 3. The van der Waals surface area contributed by atoms with Crippen molar-refractivity contribution in [3.8, 4) is 0 Å². The highest BCUT2D eigenvalue weighted by Crippen LogP contribution is 2.22. The van der Waals surface area contributed by atoms with Gasteiger partial charge in [-0.05, 0) is 35.9 Å². The van der Waals surface area contributed by atoms with Crippen LogP contribution in [0, 0.1) is 0 Å².